The first-order valence-electron chi connectivity index (χ1n) is 11.5. The van der Waals surface area contributed by atoms with Gasteiger partial charge in [-0.1, -0.05) is 39.5 Å². The molecular weight excluding hydrogens is 400 g/mol. The summed E-state index contributed by atoms with van der Waals surface area (Å²) in [5, 5.41) is 10.8. The normalized spacial score (nSPS) is 15.4. The van der Waals surface area contributed by atoms with Gasteiger partial charge in [-0.2, -0.15) is 0 Å². The number of esters is 2. The second-order valence-corrected chi connectivity index (χ2v) is 7.74. The zero-order valence-corrected chi connectivity index (χ0v) is 19.3. The Balaban J connectivity index is 2.70. The van der Waals surface area contributed by atoms with E-state index < -0.39 is 24.1 Å². The van der Waals surface area contributed by atoms with Gasteiger partial charge < -0.3 is 24.1 Å². The third-order valence-corrected chi connectivity index (χ3v) is 5.31. The van der Waals surface area contributed by atoms with Crippen molar-refractivity contribution in [3.63, 3.8) is 0 Å². The van der Waals surface area contributed by atoms with Crippen LogP contribution in [0.2, 0.25) is 0 Å². The molecule has 0 unspecified atom stereocenters. The second-order valence-electron chi connectivity index (χ2n) is 7.74. The fourth-order valence-electron chi connectivity index (χ4n) is 3.90. The predicted octanol–water partition coefficient (Wildman–Crippen LogP) is 5.15. The SMILES string of the molecule is CCCCCc1c(C2(CCCCC)OC(=O)CC(=O)O2)cc(OCC)c(O)c1OCC. The monoisotopic (exact) mass is 436 g/mol. The summed E-state index contributed by atoms with van der Waals surface area (Å²) >= 11 is 0. The van der Waals surface area contributed by atoms with Gasteiger partial charge in [-0.05, 0) is 39.2 Å². The standard InChI is InChI=1S/C24H36O7/c1-5-9-11-13-17-18(15-19(28-7-3)22(27)23(17)29-8-4)24(14-12-10-6-2)30-20(25)16-21(26)31-24/h15,27H,5-14,16H2,1-4H3. The van der Waals surface area contributed by atoms with Crippen molar-refractivity contribution in [1.82, 2.24) is 0 Å². The van der Waals surface area contributed by atoms with Crippen LogP contribution in [0.3, 0.4) is 0 Å². The first-order valence-corrected chi connectivity index (χ1v) is 11.5. The van der Waals surface area contributed by atoms with Gasteiger partial charge >= 0.3 is 11.9 Å². The van der Waals surface area contributed by atoms with Crippen molar-refractivity contribution in [2.24, 2.45) is 0 Å². The zero-order valence-electron chi connectivity index (χ0n) is 19.3. The molecule has 174 valence electrons. The smallest absolute Gasteiger partial charge is 0.320 e. The summed E-state index contributed by atoms with van der Waals surface area (Å²) in [4.78, 5) is 24.6. The highest BCUT2D eigenvalue weighted by atomic mass is 16.7. The number of benzene rings is 1. The molecule has 0 aliphatic carbocycles. The summed E-state index contributed by atoms with van der Waals surface area (Å²) < 4.78 is 23.0. The Morgan fingerprint density at radius 3 is 2.13 bits per heavy atom. The molecule has 1 aliphatic rings. The average molecular weight is 437 g/mol. The second kappa shape index (κ2) is 11.8. The van der Waals surface area contributed by atoms with E-state index in [-0.39, 0.29) is 11.5 Å². The first-order chi connectivity index (χ1) is 14.9. The van der Waals surface area contributed by atoms with Crippen molar-refractivity contribution in [2.75, 3.05) is 13.2 Å². The quantitative estimate of drug-likeness (QED) is 0.260. The van der Waals surface area contributed by atoms with Gasteiger partial charge in [0, 0.05) is 17.5 Å². The molecule has 0 saturated carbocycles. The van der Waals surface area contributed by atoms with Crippen LogP contribution in [0.15, 0.2) is 6.07 Å². The van der Waals surface area contributed by atoms with Crippen LogP contribution in [0.5, 0.6) is 17.2 Å². The summed E-state index contributed by atoms with van der Waals surface area (Å²) in [6.45, 7) is 8.49. The van der Waals surface area contributed by atoms with Gasteiger partial charge in [0.05, 0.1) is 13.2 Å². The number of carbonyl (C=O) groups excluding carboxylic acids is 2. The minimum absolute atomic E-state index is 0.0869. The maximum absolute atomic E-state index is 12.3. The van der Waals surface area contributed by atoms with Crippen molar-refractivity contribution >= 4 is 11.9 Å². The summed E-state index contributed by atoms with van der Waals surface area (Å²) in [5.74, 6) is -2.35. The van der Waals surface area contributed by atoms with E-state index in [1.807, 2.05) is 13.8 Å². The summed E-state index contributed by atoms with van der Waals surface area (Å²) in [6, 6.07) is 1.64. The van der Waals surface area contributed by atoms with E-state index in [4.69, 9.17) is 18.9 Å². The van der Waals surface area contributed by atoms with E-state index in [9.17, 15) is 14.7 Å². The van der Waals surface area contributed by atoms with Gasteiger partial charge in [0.1, 0.15) is 6.42 Å². The Hall–Kier alpha value is -2.44. The van der Waals surface area contributed by atoms with Crippen molar-refractivity contribution in [1.29, 1.82) is 0 Å². The van der Waals surface area contributed by atoms with Crippen LogP contribution in [-0.2, 0) is 31.3 Å². The average Bonchev–Trinajstić information content (AvgIpc) is 2.72. The molecule has 1 heterocycles. The molecule has 1 aromatic rings. The van der Waals surface area contributed by atoms with E-state index in [0.29, 0.717) is 49.4 Å². The topological polar surface area (TPSA) is 91.3 Å². The number of unbranched alkanes of at least 4 members (excludes halogenated alkanes) is 4. The molecule has 1 saturated heterocycles. The van der Waals surface area contributed by atoms with E-state index in [1.165, 1.54) is 0 Å². The molecule has 0 spiro atoms. The lowest BCUT2D eigenvalue weighted by Crippen LogP contribution is -2.43. The lowest BCUT2D eigenvalue weighted by Gasteiger charge is -2.38. The van der Waals surface area contributed by atoms with Crippen LogP contribution in [0.4, 0.5) is 0 Å². The Morgan fingerprint density at radius 1 is 0.935 bits per heavy atom. The number of carbonyl (C=O) groups is 2. The van der Waals surface area contributed by atoms with Crippen LogP contribution in [-0.4, -0.2) is 30.3 Å². The van der Waals surface area contributed by atoms with Crippen molar-refractivity contribution in [3.8, 4) is 17.2 Å². The van der Waals surface area contributed by atoms with Gasteiger partial charge in [-0.25, -0.2) is 0 Å². The third kappa shape index (κ3) is 6.05. The van der Waals surface area contributed by atoms with E-state index in [0.717, 1.165) is 32.1 Å². The number of cyclic esters (lactones) is 2. The number of hydrogen-bond acceptors (Lipinski definition) is 7. The number of aromatic hydroxyl groups is 1. The molecule has 0 atom stereocenters. The van der Waals surface area contributed by atoms with Gasteiger partial charge in [-0.3, -0.25) is 9.59 Å². The lowest BCUT2D eigenvalue weighted by molar-refractivity contribution is -0.252. The molecule has 0 radical (unpaired) electrons. The van der Waals surface area contributed by atoms with Crippen molar-refractivity contribution < 1.29 is 33.6 Å². The summed E-state index contributed by atoms with van der Waals surface area (Å²) in [5.41, 5.74) is 1.21. The summed E-state index contributed by atoms with van der Waals surface area (Å²) in [7, 11) is 0. The first kappa shape index (κ1) is 24.8. The zero-order chi connectivity index (χ0) is 22.9. The fourth-order valence-corrected chi connectivity index (χ4v) is 3.90. The molecular formula is C24H36O7. The Labute approximate surface area is 185 Å². The highest BCUT2D eigenvalue weighted by molar-refractivity contribution is 5.93. The van der Waals surface area contributed by atoms with Crippen molar-refractivity contribution in [2.45, 2.75) is 91.3 Å². The lowest BCUT2D eigenvalue weighted by atomic mass is 9.89. The van der Waals surface area contributed by atoms with Crippen LogP contribution < -0.4 is 9.47 Å². The largest absolute Gasteiger partial charge is 0.502 e. The maximum Gasteiger partial charge on any atom is 0.320 e. The van der Waals surface area contributed by atoms with Crippen molar-refractivity contribution in [3.05, 3.63) is 17.2 Å². The maximum atomic E-state index is 12.3. The molecule has 1 N–H and O–H groups in total. The summed E-state index contributed by atoms with van der Waals surface area (Å²) in [6.07, 6.45) is 5.95. The van der Waals surface area contributed by atoms with Crippen LogP contribution in [0.25, 0.3) is 0 Å². The van der Waals surface area contributed by atoms with Crippen LogP contribution >= 0.6 is 0 Å². The Kier molecular flexibility index (Phi) is 9.46. The number of ether oxygens (including phenoxy) is 4. The van der Waals surface area contributed by atoms with E-state index in [1.54, 1.807) is 6.07 Å². The molecule has 1 fully saturated rings. The van der Waals surface area contributed by atoms with Gasteiger partial charge in [0.15, 0.2) is 11.5 Å². The van der Waals surface area contributed by atoms with Gasteiger partial charge in [0.2, 0.25) is 5.75 Å². The number of phenols is 1. The van der Waals surface area contributed by atoms with E-state index in [2.05, 4.69) is 13.8 Å². The molecule has 2 rings (SSSR count). The number of rotatable bonds is 13. The third-order valence-electron chi connectivity index (χ3n) is 5.31. The molecule has 0 amide bonds. The molecule has 0 aromatic heterocycles. The number of phenolic OH excluding ortho intramolecular Hbond substituents is 1. The van der Waals surface area contributed by atoms with Crippen LogP contribution in [0, 0.1) is 0 Å². The molecule has 0 bridgehead atoms. The highest BCUT2D eigenvalue weighted by Gasteiger charge is 2.47. The highest BCUT2D eigenvalue weighted by Crippen LogP contribution is 2.48. The van der Waals surface area contributed by atoms with E-state index >= 15 is 0 Å². The predicted molar refractivity (Wildman–Crippen MR) is 116 cm³/mol. The number of hydrogen-bond donors (Lipinski definition) is 1. The fraction of sp³-hybridized carbons (Fsp3) is 0.667. The molecule has 31 heavy (non-hydrogen) atoms. The Bertz CT molecular complexity index is 741. The van der Waals surface area contributed by atoms with Gasteiger partial charge in [0.25, 0.3) is 5.79 Å². The Morgan fingerprint density at radius 2 is 1.55 bits per heavy atom. The molecule has 1 aliphatic heterocycles. The molecule has 7 heteroatoms. The van der Waals surface area contributed by atoms with Gasteiger partial charge in [-0.15, -0.1) is 0 Å². The molecule has 1 aromatic carbocycles. The van der Waals surface area contributed by atoms with Crippen LogP contribution in [0.1, 0.15) is 90.2 Å². The minimum atomic E-state index is -1.55. The minimum Gasteiger partial charge on any atom is -0.502 e. The molecule has 7 nitrogen and oxygen atoms in total.